The second-order valence-corrected chi connectivity index (χ2v) is 7.08. The predicted molar refractivity (Wildman–Crippen MR) is 100 cm³/mol. The van der Waals surface area contributed by atoms with Crippen molar-refractivity contribution in [3.8, 4) is 0 Å². The number of anilines is 1. The molecule has 1 aliphatic heterocycles. The Morgan fingerprint density at radius 3 is 2.81 bits per heavy atom. The molecule has 1 saturated heterocycles. The second-order valence-electron chi connectivity index (χ2n) is 7.08. The number of aliphatic carboxylic acids is 1. The minimum atomic E-state index is -1.03. The number of benzene rings is 2. The number of hydrogen-bond donors (Lipinski definition) is 1. The molecule has 0 saturated carbocycles. The molecule has 4 rings (SSSR count). The van der Waals surface area contributed by atoms with Crippen molar-refractivity contribution in [3.63, 3.8) is 0 Å². The first-order chi connectivity index (χ1) is 12.6. The van der Waals surface area contributed by atoms with Crippen molar-refractivity contribution in [3.05, 3.63) is 59.7 Å². The Morgan fingerprint density at radius 2 is 2.04 bits per heavy atom. The van der Waals surface area contributed by atoms with E-state index in [-0.39, 0.29) is 0 Å². The van der Waals surface area contributed by atoms with Gasteiger partial charge in [0, 0.05) is 13.0 Å². The smallest absolute Gasteiger partial charge is 0.330 e. The third-order valence-corrected chi connectivity index (χ3v) is 5.24. The Kier molecular flexibility index (Phi) is 4.15. The van der Waals surface area contributed by atoms with Crippen molar-refractivity contribution in [1.82, 2.24) is 4.98 Å². The highest BCUT2D eigenvalue weighted by molar-refractivity contribution is 5.84. The summed E-state index contributed by atoms with van der Waals surface area (Å²) in [4.78, 5) is 18.9. The maximum absolute atomic E-state index is 12.4. The molecule has 0 bridgehead atoms. The van der Waals surface area contributed by atoms with Gasteiger partial charge in [0.05, 0.1) is 0 Å². The van der Waals surface area contributed by atoms with Crippen LogP contribution in [0, 0.1) is 6.92 Å². The van der Waals surface area contributed by atoms with Gasteiger partial charge in [0.25, 0.3) is 6.01 Å². The van der Waals surface area contributed by atoms with E-state index in [4.69, 9.17) is 4.42 Å². The van der Waals surface area contributed by atoms with Crippen LogP contribution in [0.3, 0.4) is 0 Å². The molecule has 2 heterocycles. The van der Waals surface area contributed by atoms with E-state index in [9.17, 15) is 9.90 Å². The molecule has 26 heavy (non-hydrogen) atoms. The van der Waals surface area contributed by atoms with Crippen LogP contribution in [0.2, 0.25) is 0 Å². The third-order valence-electron chi connectivity index (χ3n) is 5.24. The fraction of sp³-hybridized carbons (Fsp3) is 0.333. The number of carbonyl (C=O) groups is 1. The Bertz CT molecular complexity index is 935. The van der Waals surface area contributed by atoms with E-state index in [2.05, 4.69) is 4.98 Å². The lowest BCUT2D eigenvalue weighted by molar-refractivity contribution is -0.144. The maximum atomic E-state index is 12.4. The van der Waals surface area contributed by atoms with Gasteiger partial charge in [0.1, 0.15) is 11.1 Å². The van der Waals surface area contributed by atoms with E-state index in [1.807, 2.05) is 60.4 Å². The van der Waals surface area contributed by atoms with Gasteiger partial charge in [-0.3, -0.25) is 0 Å². The molecule has 5 heteroatoms. The van der Waals surface area contributed by atoms with E-state index >= 15 is 0 Å². The summed E-state index contributed by atoms with van der Waals surface area (Å²) in [6.45, 7) is 2.64. The Morgan fingerprint density at radius 1 is 1.23 bits per heavy atom. The molecule has 134 valence electrons. The Hall–Kier alpha value is -2.82. The Labute approximate surface area is 152 Å². The zero-order chi connectivity index (χ0) is 18.1. The summed E-state index contributed by atoms with van der Waals surface area (Å²) in [6.07, 6.45) is 2.83. The number of hydrogen-bond acceptors (Lipinski definition) is 4. The molecule has 0 amide bonds. The average molecular weight is 350 g/mol. The summed E-state index contributed by atoms with van der Waals surface area (Å²) in [5.41, 5.74) is 2.54. The first kappa shape index (κ1) is 16.6. The minimum Gasteiger partial charge on any atom is -0.479 e. The number of fused-ring (bicyclic) bond motifs is 1. The molecule has 1 atom stereocenters. The van der Waals surface area contributed by atoms with Crippen LogP contribution in [0.5, 0.6) is 0 Å². The van der Waals surface area contributed by atoms with E-state index in [1.54, 1.807) is 0 Å². The molecule has 2 aromatic carbocycles. The molecule has 0 aliphatic carbocycles. The molecule has 1 aromatic heterocycles. The molecule has 0 radical (unpaired) electrons. The highest BCUT2D eigenvalue weighted by atomic mass is 16.4. The van der Waals surface area contributed by atoms with Gasteiger partial charge in [0.2, 0.25) is 0 Å². The fourth-order valence-electron chi connectivity index (χ4n) is 3.87. The lowest BCUT2D eigenvalue weighted by atomic mass is 9.81. The third kappa shape index (κ3) is 2.83. The summed E-state index contributed by atoms with van der Waals surface area (Å²) in [6, 6.07) is 16.0. The van der Waals surface area contributed by atoms with Gasteiger partial charge in [-0.2, -0.15) is 4.98 Å². The van der Waals surface area contributed by atoms with Crippen LogP contribution < -0.4 is 4.90 Å². The number of carboxylic acid groups (broad SMARTS) is 1. The van der Waals surface area contributed by atoms with Crippen molar-refractivity contribution >= 4 is 23.1 Å². The molecule has 3 aromatic rings. The highest BCUT2D eigenvalue weighted by Crippen LogP contribution is 2.37. The summed E-state index contributed by atoms with van der Waals surface area (Å²) >= 11 is 0. The van der Waals surface area contributed by atoms with E-state index in [0.29, 0.717) is 31.0 Å². The number of aromatic nitrogens is 1. The maximum Gasteiger partial charge on any atom is 0.330 e. The first-order valence-corrected chi connectivity index (χ1v) is 9.01. The van der Waals surface area contributed by atoms with Gasteiger partial charge in [-0.15, -0.1) is 0 Å². The summed E-state index contributed by atoms with van der Waals surface area (Å²) in [7, 11) is 0. The minimum absolute atomic E-state index is 0.406. The van der Waals surface area contributed by atoms with Crippen molar-refractivity contribution in [2.24, 2.45) is 0 Å². The number of piperidine rings is 1. The summed E-state index contributed by atoms with van der Waals surface area (Å²) < 4.78 is 5.96. The number of aryl methyl sites for hydroxylation is 1. The topological polar surface area (TPSA) is 66.6 Å². The molecule has 5 nitrogen and oxygen atoms in total. The molecule has 1 aliphatic rings. The Balaban J connectivity index is 1.78. The van der Waals surface area contributed by atoms with Crippen molar-refractivity contribution < 1.29 is 14.3 Å². The largest absolute Gasteiger partial charge is 0.479 e. The van der Waals surface area contributed by atoms with Gasteiger partial charge in [-0.25, -0.2) is 4.79 Å². The summed E-state index contributed by atoms with van der Waals surface area (Å²) in [5, 5.41) is 10.2. The van der Waals surface area contributed by atoms with Crippen molar-refractivity contribution in [2.75, 3.05) is 11.4 Å². The predicted octanol–water partition coefficient (Wildman–Crippen LogP) is 4.19. The molecular weight excluding hydrogens is 328 g/mol. The highest BCUT2D eigenvalue weighted by Gasteiger charge is 2.47. The van der Waals surface area contributed by atoms with Crippen LogP contribution in [0.15, 0.2) is 52.9 Å². The quantitative estimate of drug-likeness (QED) is 0.764. The fourth-order valence-corrected chi connectivity index (χ4v) is 3.87. The molecule has 0 spiro atoms. The van der Waals surface area contributed by atoms with Gasteiger partial charge in [-0.05, 0) is 49.4 Å². The van der Waals surface area contributed by atoms with E-state index in [1.165, 1.54) is 0 Å². The van der Waals surface area contributed by atoms with Crippen molar-refractivity contribution in [2.45, 2.75) is 38.1 Å². The molecule has 0 unspecified atom stereocenters. The zero-order valence-electron chi connectivity index (χ0n) is 14.8. The van der Waals surface area contributed by atoms with Gasteiger partial charge >= 0.3 is 5.97 Å². The number of oxazole rings is 1. The number of nitrogens with zero attached hydrogens (tertiary/aromatic N) is 2. The normalized spacial score (nSPS) is 20.4. The van der Waals surface area contributed by atoms with Crippen LogP contribution in [0.1, 0.15) is 30.4 Å². The van der Waals surface area contributed by atoms with Crippen LogP contribution in [-0.2, 0) is 11.2 Å². The average Bonchev–Trinajstić information content (AvgIpc) is 3.05. The lowest BCUT2D eigenvalue weighted by Gasteiger charge is -2.43. The first-order valence-electron chi connectivity index (χ1n) is 9.01. The standard InChI is InChI=1S/C21H22N2O3/c1-15-9-10-18-17(13-15)22-20(26-18)23-12-6-5-11-21(23,19(24)25)14-16-7-3-2-4-8-16/h2-4,7-10,13H,5-6,11-12,14H2,1H3,(H,24,25)/t21-/m0/s1. The second kappa shape index (κ2) is 6.48. The van der Waals surface area contributed by atoms with Crippen molar-refractivity contribution in [1.29, 1.82) is 0 Å². The molecule has 1 N–H and O–H groups in total. The number of carboxylic acids is 1. The van der Waals surface area contributed by atoms with Crippen LogP contribution in [0.4, 0.5) is 6.01 Å². The van der Waals surface area contributed by atoms with Crippen LogP contribution in [0.25, 0.3) is 11.1 Å². The number of rotatable bonds is 4. The van der Waals surface area contributed by atoms with Crippen LogP contribution >= 0.6 is 0 Å². The summed E-state index contributed by atoms with van der Waals surface area (Å²) in [5.74, 6) is -0.820. The van der Waals surface area contributed by atoms with Gasteiger partial charge in [0.15, 0.2) is 5.58 Å². The lowest BCUT2D eigenvalue weighted by Crippen LogP contribution is -2.59. The SMILES string of the molecule is Cc1ccc2oc(N3CCCC[C@]3(Cc3ccccc3)C(=O)O)nc2c1. The van der Waals surface area contributed by atoms with Gasteiger partial charge in [-0.1, -0.05) is 36.4 Å². The molecule has 1 fully saturated rings. The molecular formula is C21H22N2O3. The van der Waals surface area contributed by atoms with E-state index < -0.39 is 11.5 Å². The van der Waals surface area contributed by atoms with Gasteiger partial charge < -0.3 is 14.4 Å². The zero-order valence-corrected chi connectivity index (χ0v) is 14.8. The van der Waals surface area contributed by atoms with E-state index in [0.717, 1.165) is 29.5 Å². The van der Waals surface area contributed by atoms with Crippen LogP contribution in [-0.4, -0.2) is 28.1 Å². The monoisotopic (exact) mass is 350 g/mol.